The number of carbonyl (C=O) groups is 1. The average Bonchev–Trinajstić information content (AvgIpc) is 3.04. The van der Waals surface area contributed by atoms with E-state index < -0.39 is 5.97 Å². The number of hydrogen-bond acceptors (Lipinski definition) is 3. The van der Waals surface area contributed by atoms with Crippen LogP contribution >= 0.6 is 0 Å². The first-order valence-electron chi connectivity index (χ1n) is 11.8. The second kappa shape index (κ2) is 7.71. The lowest BCUT2D eigenvalue weighted by Gasteiger charge is -2.52. The maximum Gasteiger partial charge on any atom is 0.328 e. The lowest BCUT2D eigenvalue weighted by atomic mass is 9.52. The number of ether oxygens (including phenoxy) is 2. The van der Waals surface area contributed by atoms with Crippen molar-refractivity contribution in [2.45, 2.75) is 77.4 Å². The Morgan fingerprint density at radius 2 is 2.13 bits per heavy atom. The molecule has 1 heterocycles. The number of carboxylic acids is 1. The zero-order valence-corrected chi connectivity index (χ0v) is 18.2. The third-order valence-corrected chi connectivity index (χ3v) is 8.60. The van der Waals surface area contributed by atoms with Gasteiger partial charge >= 0.3 is 5.97 Å². The van der Waals surface area contributed by atoms with Gasteiger partial charge in [-0.3, -0.25) is 0 Å². The van der Waals surface area contributed by atoms with Crippen LogP contribution in [0.2, 0.25) is 0 Å². The van der Waals surface area contributed by atoms with Crippen LogP contribution in [-0.2, 0) is 16.0 Å². The van der Waals surface area contributed by atoms with Gasteiger partial charge in [0.2, 0.25) is 0 Å². The fourth-order valence-corrected chi connectivity index (χ4v) is 7.22. The molecule has 1 unspecified atom stereocenters. The van der Waals surface area contributed by atoms with Gasteiger partial charge in [0.15, 0.2) is 6.29 Å². The topological polar surface area (TPSA) is 55.8 Å². The summed E-state index contributed by atoms with van der Waals surface area (Å²) < 4.78 is 11.9. The molecule has 5 rings (SSSR count). The van der Waals surface area contributed by atoms with Crippen LogP contribution in [0.4, 0.5) is 0 Å². The van der Waals surface area contributed by atoms with Crippen molar-refractivity contribution >= 4 is 5.97 Å². The number of benzene rings is 1. The summed E-state index contributed by atoms with van der Waals surface area (Å²) >= 11 is 0. The van der Waals surface area contributed by atoms with Crippen LogP contribution in [0.5, 0.6) is 5.75 Å². The Bertz CT molecular complexity index is 853. The summed E-state index contributed by atoms with van der Waals surface area (Å²) in [6.45, 7) is 5.54. The number of fused-ring (bicyclic) bond motifs is 5. The van der Waals surface area contributed by atoms with E-state index in [0.717, 1.165) is 57.3 Å². The molecule has 3 fully saturated rings. The highest BCUT2D eigenvalue weighted by Crippen LogP contribution is 2.63. The quantitative estimate of drug-likeness (QED) is 0.649. The predicted octanol–water partition coefficient (Wildman–Crippen LogP) is 5.71. The molecule has 0 aromatic heterocycles. The van der Waals surface area contributed by atoms with E-state index in [-0.39, 0.29) is 11.7 Å². The highest BCUT2D eigenvalue weighted by Gasteiger charge is 2.54. The lowest BCUT2D eigenvalue weighted by molar-refractivity contribution is -0.131. The first kappa shape index (κ1) is 20.1. The third kappa shape index (κ3) is 3.37. The number of allylic oxidation sites excluding steroid dienone is 1. The molecule has 1 aromatic rings. The van der Waals surface area contributed by atoms with E-state index in [2.05, 4.69) is 32.0 Å². The molecule has 6 atom stereocenters. The van der Waals surface area contributed by atoms with Crippen molar-refractivity contribution in [1.82, 2.24) is 0 Å². The van der Waals surface area contributed by atoms with Crippen molar-refractivity contribution < 1.29 is 19.4 Å². The van der Waals surface area contributed by atoms with E-state index in [1.165, 1.54) is 29.2 Å². The van der Waals surface area contributed by atoms with Gasteiger partial charge in [0.25, 0.3) is 0 Å². The van der Waals surface area contributed by atoms with Gasteiger partial charge in [0.1, 0.15) is 5.75 Å². The van der Waals surface area contributed by atoms with E-state index >= 15 is 0 Å². The van der Waals surface area contributed by atoms with Gasteiger partial charge in [-0.05, 0) is 97.3 Å². The molecule has 1 aromatic carbocycles. The molecule has 1 saturated heterocycles. The van der Waals surface area contributed by atoms with E-state index in [0.29, 0.717) is 23.7 Å². The lowest BCUT2D eigenvalue weighted by Crippen LogP contribution is -2.43. The fourth-order valence-electron chi connectivity index (χ4n) is 7.22. The van der Waals surface area contributed by atoms with Crippen molar-refractivity contribution in [3.63, 3.8) is 0 Å². The molecule has 1 N–H and O–H groups in total. The van der Waals surface area contributed by atoms with E-state index in [4.69, 9.17) is 9.47 Å². The molecule has 30 heavy (non-hydrogen) atoms. The fraction of sp³-hybridized carbons (Fsp3) is 0.654. The number of carboxylic acid groups (broad SMARTS) is 1. The second-order valence-electron chi connectivity index (χ2n) is 10.2. The summed E-state index contributed by atoms with van der Waals surface area (Å²) in [5, 5.41) is 9.34. The number of aliphatic carboxylic acids is 1. The summed E-state index contributed by atoms with van der Waals surface area (Å²) in [5.74, 6) is 2.59. The van der Waals surface area contributed by atoms with Gasteiger partial charge < -0.3 is 14.6 Å². The molecule has 4 nitrogen and oxygen atoms in total. The Morgan fingerprint density at radius 1 is 1.27 bits per heavy atom. The molecular formula is C26H34O4. The number of rotatable bonds is 3. The molecule has 0 spiro atoms. The Balaban J connectivity index is 1.40. The van der Waals surface area contributed by atoms with Gasteiger partial charge in [-0.25, -0.2) is 4.79 Å². The Kier molecular flexibility index (Phi) is 5.17. The minimum absolute atomic E-state index is 0.0622. The Morgan fingerprint density at radius 3 is 2.90 bits per heavy atom. The van der Waals surface area contributed by atoms with Crippen LogP contribution in [0.1, 0.15) is 75.8 Å². The summed E-state index contributed by atoms with van der Waals surface area (Å²) in [6.07, 6.45) is 10.1. The van der Waals surface area contributed by atoms with Crippen LogP contribution in [0.25, 0.3) is 0 Å². The standard InChI is InChI=1S/C26H34O4/c1-16-13-17-14-19(30-24-5-3-4-12-29-24)7-8-20(17)21-10-11-26(2)18(15-23(27)28)6-9-22(26)25(16)21/h7-8,14-16,21-22,24-25H,3-6,9-13H2,1-2H3,(H,27,28)/b18-15+/t16-,21-,22+,24?,25-,26-/m1/s1. The van der Waals surface area contributed by atoms with Crippen molar-refractivity contribution in [2.24, 2.45) is 23.2 Å². The second-order valence-corrected chi connectivity index (χ2v) is 10.2. The summed E-state index contributed by atoms with van der Waals surface area (Å²) in [6, 6.07) is 6.71. The molecule has 3 aliphatic carbocycles. The van der Waals surface area contributed by atoms with Crippen LogP contribution in [0.15, 0.2) is 29.8 Å². The largest absolute Gasteiger partial charge is 0.478 e. The summed E-state index contributed by atoms with van der Waals surface area (Å²) in [7, 11) is 0. The smallest absolute Gasteiger partial charge is 0.328 e. The molecule has 4 aliphatic rings. The Labute approximate surface area is 179 Å². The molecule has 162 valence electrons. The normalized spacial score (nSPS) is 39.1. The summed E-state index contributed by atoms with van der Waals surface area (Å²) in [5.41, 5.74) is 4.19. The molecule has 1 aliphatic heterocycles. The van der Waals surface area contributed by atoms with Crippen LogP contribution in [0, 0.1) is 23.2 Å². The van der Waals surface area contributed by atoms with Gasteiger partial charge in [0, 0.05) is 12.5 Å². The summed E-state index contributed by atoms with van der Waals surface area (Å²) in [4.78, 5) is 11.4. The van der Waals surface area contributed by atoms with Gasteiger partial charge in [-0.2, -0.15) is 0 Å². The van der Waals surface area contributed by atoms with E-state index in [9.17, 15) is 9.90 Å². The first-order chi connectivity index (χ1) is 14.5. The average molecular weight is 411 g/mol. The van der Waals surface area contributed by atoms with Crippen molar-refractivity contribution in [1.29, 1.82) is 0 Å². The van der Waals surface area contributed by atoms with Crippen molar-refractivity contribution in [3.05, 3.63) is 41.0 Å². The molecule has 4 heteroatoms. The van der Waals surface area contributed by atoms with Gasteiger partial charge in [-0.15, -0.1) is 0 Å². The molecule has 0 amide bonds. The van der Waals surface area contributed by atoms with Crippen molar-refractivity contribution in [3.8, 4) is 5.75 Å². The monoisotopic (exact) mass is 410 g/mol. The first-order valence-corrected chi connectivity index (χ1v) is 11.8. The minimum atomic E-state index is -0.787. The predicted molar refractivity (Wildman–Crippen MR) is 116 cm³/mol. The van der Waals surface area contributed by atoms with E-state index in [1.807, 2.05) is 0 Å². The Hall–Kier alpha value is -1.81. The molecule has 0 bridgehead atoms. The zero-order chi connectivity index (χ0) is 20.9. The number of hydrogen-bond donors (Lipinski definition) is 1. The zero-order valence-electron chi connectivity index (χ0n) is 18.2. The van der Waals surface area contributed by atoms with Crippen LogP contribution in [0.3, 0.4) is 0 Å². The van der Waals surface area contributed by atoms with Gasteiger partial charge in [-0.1, -0.05) is 25.5 Å². The molecular weight excluding hydrogens is 376 g/mol. The maximum atomic E-state index is 11.4. The third-order valence-electron chi connectivity index (χ3n) is 8.60. The maximum absolute atomic E-state index is 11.4. The van der Waals surface area contributed by atoms with Crippen molar-refractivity contribution in [2.75, 3.05) is 6.61 Å². The van der Waals surface area contributed by atoms with E-state index in [1.54, 1.807) is 0 Å². The van der Waals surface area contributed by atoms with Gasteiger partial charge in [0.05, 0.1) is 6.61 Å². The van der Waals surface area contributed by atoms with Crippen LogP contribution < -0.4 is 4.74 Å². The SMILES string of the molecule is C[C@@H]1Cc2cc(OC3CCCCO3)ccc2[C@H]2CC[C@]3(C)/C(=C/C(=O)O)CC[C@H]3[C@H]12. The van der Waals surface area contributed by atoms with Crippen LogP contribution in [-0.4, -0.2) is 24.0 Å². The molecule has 0 radical (unpaired) electrons. The highest BCUT2D eigenvalue weighted by molar-refractivity contribution is 5.81. The molecule has 2 saturated carbocycles. The highest BCUT2D eigenvalue weighted by atomic mass is 16.7. The minimum Gasteiger partial charge on any atom is -0.478 e.